The van der Waals surface area contributed by atoms with E-state index in [1.807, 2.05) is 0 Å². The van der Waals surface area contributed by atoms with E-state index in [1.165, 1.54) is 12.8 Å². The molecule has 0 amide bonds. The molecular formula is C14H22Cl2N2O2. The van der Waals surface area contributed by atoms with Crippen molar-refractivity contribution in [2.45, 2.75) is 18.9 Å². The van der Waals surface area contributed by atoms with Gasteiger partial charge in [0.15, 0.2) is 0 Å². The zero-order valence-corrected chi connectivity index (χ0v) is 12.9. The van der Waals surface area contributed by atoms with Crippen LogP contribution < -0.4 is 5.32 Å². The minimum absolute atomic E-state index is 0. The molecule has 4 nitrogen and oxygen atoms in total. The van der Waals surface area contributed by atoms with E-state index in [0.717, 1.165) is 31.7 Å². The predicted octanol–water partition coefficient (Wildman–Crippen LogP) is 2.30. The summed E-state index contributed by atoms with van der Waals surface area (Å²) in [5.74, 6) is 1.18. The molecule has 0 radical (unpaired) electrons. The van der Waals surface area contributed by atoms with E-state index in [-0.39, 0.29) is 36.6 Å². The Morgan fingerprint density at radius 3 is 2.35 bits per heavy atom. The number of nitrogens with one attached hydrogen (secondary N) is 1. The largest absolute Gasteiger partial charge is 0.508 e. The Kier molecular flexibility index (Phi) is 6.40. The summed E-state index contributed by atoms with van der Waals surface area (Å²) in [6.45, 7) is 4.03. The third-order valence-corrected chi connectivity index (χ3v) is 3.94. The van der Waals surface area contributed by atoms with Gasteiger partial charge in [0.2, 0.25) is 0 Å². The van der Waals surface area contributed by atoms with Crippen molar-refractivity contribution in [3.05, 3.63) is 23.8 Å². The van der Waals surface area contributed by atoms with E-state index in [2.05, 4.69) is 10.2 Å². The van der Waals surface area contributed by atoms with Crippen LogP contribution in [0.25, 0.3) is 0 Å². The Morgan fingerprint density at radius 2 is 1.75 bits per heavy atom. The molecule has 2 fully saturated rings. The van der Waals surface area contributed by atoms with Crippen molar-refractivity contribution in [2.24, 2.45) is 5.92 Å². The predicted molar refractivity (Wildman–Crippen MR) is 84.2 cm³/mol. The maximum Gasteiger partial charge on any atom is 0.120 e. The molecule has 6 heteroatoms. The number of nitrogens with zero attached hydrogens (tertiary/aromatic N) is 1. The van der Waals surface area contributed by atoms with Gasteiger partial charge in [-0.3, -0.25) is 4.90 Å². The Morgan fingerprint density at radius 1 is 1.10 bits per heavy atom. The van der Waals surface area contributed by atoms with Crippen molar-refractivity contribution in [2.75, 3.05) is 26.2 Å². The van der Waals surface area contributed by atoms with Crippen LogP contribution in [0.3, 0.4) is 0 Å². The van der Waals surface area contributed by atoms with Crippen LogP contribution in [0.1, 0.15) is 24.4 Å². The van der Waals surface area contributed by atoms with Gasteiger partial charge >= 0.3 is 0 Å². The van der Waals surface area contributed by atoms with Crippen LogP contribution in [0.15, 0.2) is 18.2 Å². The van der Waals surface area contributed by atoms with E-state index < -0.39 is 0 Å². The number of phenolic OH excluding ortho intramolecular Hbond substituents is 2. The van der Waals surface area contributed by atoms with Crippen molar-refractivity contribution in [1.82, 2.24) is 10.2 Å². The molecule has 1 atom stereocenters. The highest BCUT2D eigenvalue weighted by Gasteiger charge is 2.38. The number of halogens is 2. The molecule has 0 aromatic heterocycles. The highest BCUT2D eigenvalue weighted by Crippen LogP contribution is 2.47. The summed E-state index contributed by atoms with van der Waals surface area (Å²) in [7, 11) is 0. The minimum Gasteiger partial charge on any atom is -0.508 e. The lowest BCUT2D eigenvalue weighted by atomic mass is 9.98. The molecule has 1 aromatic carbocycles. The van der Waals surface area contributed by atoms with Crippen LogP contribution in [0.5, 0.6) is 11.5 Å². The summed E-state index contributed by atoms with van der Waals surface area (Å²) in [6.07, 6.45) is 2.45. The lowest BCUT2D eigenvalue weighted by Crippen LogP contribution is -2.45. The number of phenols is 2. The van der Waals surface area contributed by atoms with Gasteiger partial charge in [-0.2, -0.15) is 0 Å². The second-order valence-corrected chi connectivity index (χ2v) is 5.31. The molecule has 1 heterocycles. The fourth-order valence-corrected chi connectivity index (χ4v) is 2.90. The summed E-state index contributed by atoms with van der Waals surface area (Å²) in [5.41, 5.74) is 0.888. The molecule has 3 N–H and O–H groups in total. The quantitative estimate of drug-likeness (QED) is 0.748. The Bertz CT molecular complexity index is 435. The average molecular weight is 321 g/mol. The molecule has 0 bridgehead atoms. The maximum atomic E-state index is 10.1. The Balaban J connectivity index is 0.000001000. The summed E-state index contributed by atoms with van der Waals surface area (Å²) >= 11 is 0. The lowest BCUT2D eigenvalue weighted by Gasteiger charge is -2.35. The molecular weight excluding hydrogens is 299 g/mol. The first kappa shape index (κ1) is 17.4. The van der Waals surface area contributed by atoms with Crippen LogP contribution in [0, 0.1) is 5.92 Å². The molecule has 2 aliphatic rings. The molecule has 1 aromatic rings. The van der Waals surface area contributed by atoms with Gasteiger partial charge in [0, 0.05) is 37.8 Å². The van der Waals surface area contributed by atoms with E-state index in [0.29, 0.717) is 11.7 Å². The average Bonchev–Trinajstić information content (AvgIpc) is 3.20. The third kappa shape index (κ3) is 3.70. The van der Waals surface area contributed by atoms with E-state index >= 15 is 0 Å². The van der Waals surface area contributed by atoms with Crippen molar-refractivity contribution >= 4 is 24.8 Å². The van der Waals surface area contributed by atoms with Crippen LogP contribution in [-0.4, -0.2) is 41.3 Å². The second-order valence-electron chi connectivity index (χ2n) is 5.31. The number of benzene rings is 1. The van der Waals surface area contributed by atoms with Crippen molar-refractivity contribution in [1.29, 1.82) is 0 Å². The third-order valence-electron chi connectivity index (χ3n) is 3.94. The highest BCUT2D eigenvalue weighted by atomic mass is 35.5. The number of hydrogen-bond acceptors (Lipinski definition) is 4. The first-order valence-electron chi connectivity index (χ1n) is 6.72. The molecule has 1 saturated carbocycles. The Labute approximate surface area is 132 Å². The zero-order valence-electron chi connectivity index (χ0n) is 11.3. The number of aromatic hydroxyl groups is 2. The first-order chi connectivity index (χ1) is 8.75. The van der Waals surface area contributed by atoms with Crippen LogP contribution in [-0.2, 0) is 0 Å². The summed E-state index contributed by atoms with van der Waals surface area (Å²) < 4.78 is 0. The van der Waals surface area contributed by atoms with Gasteiger partial charge in [0.1, 0.15) is 11.5 Å². The van der Waals surface area contributed by atoms with Gasteiger partial charge in [-0.05, 0) is 37.0 Å². The van der Waals surface area contributed by atoms with Crippen molar-refractivity contribution in [3.63, 3.8) is 0 Å². The second kappa shape index (κ2) is 7.36. The van der Waals surface area contributed by atoms with Crippen LogP contribution in [0.4, 0.5) is 0 Å². The monoisotopic (exact) mass is 320 g/mol. The lowest BCUT2D eigenvalue weighted by molar-refractivity contribution is 0.153. The van der Waals surface area contributed by atoms with Crippen LogP contribution >= 0.6 is 24.8 Å². The standard InChI is InChI=1S/C14H20N2O2.2ClH/c17-11-3-4-13(18)12(9-11)14(10-1-2-10)16-7-5-15-6-8-16;;/h3-4,9-10,14-15,17-18H,1-2,5-8H2;2*1H/t14-;;/m0../s1. The van der Waals surface area contributed by atoms with E-state index in [9.17, 15) is 10.2 Å². The minimum atomic E-state index is 0. The molecule has 3 rings (SSSR count). The number of piperazine rings is 1. The topological polar surface area (TPSA) is 55.7 Å². The smallest absolute Gasteiger partial charge is 0.120 e. The van der Waals surface area contributed by atoms with Gasteiger partial charge in [0.25, 0.3) is 0 Å². The van der Waals surface area contributed by atoms with Gasteiger partial charge < -0.3 is 15.5 Å². The fraction of sp³-hybridized carbons (Fsp3) is 0.571. The molecule has 1 aliphatic carbocycles. The normalized spacial score (nSPS) is 20.6. The molecule has 1 saturated heterocycles. The van der Waals surface area contributed by atoms with E-state index in [4.69, 9.17) is 0 Å². The van der Waals surface area contributed by atoms with Crippen molar-refractivity contribution in [3.8, 4) is 11.5 Å². The Hall–Kier alpha value is -0.680. The molecule has 20 heavy (non-hydrogen) atoms. The maximum absolute atomic E-state index is 10.1. The summed E-state index contributed by atoms with van der Waals surface area (Å²) in [6, 6.07) is 5.13. The summed E-state index contributed by atoms with van der Waals surface area (Å²) in [5, 5.41) is 23.1. The van der Waals surface area contributed by atoms with E-state index in [1.54, 1.807) is 18.2 Å². The van der Waals surface area contributed by atoms with Crippen LogP contribution in [0.2, 0.25) is 0 Å². The SMILES string of the molecule is Cl.Cl.Oc1ccc(O)c([C@H](C2CC2)N2CCNCC2)c1. The molecule has 0 spiro atoms. The molecule has 0 unspecified atom stereocenters. The molecule has 114 valence electrons. The van der Waals surface area contributed by atoms with Gasteiger partial charge in [-0.15, -0.1) is 24.8 Å². The molecule has 1 aliphatic heterocycles. The zero-order chi connectivity index (χ0) is 12.5. The van der Waals surface area contributed by atoms with Gasteiger partial charge in [0.05, 0.1) is 0 Å². The first-order valence-corrected chi connectivity index (χ1v) is 6.72. The summed E-state index contributed by atoms with van der Waals surface area (Å²) in [4.78, 5) is 2.43. The number of hydrogen-bond donors (Lipinski definition) is 3. The van der Waals surface area contributed by atoms with Gasteiger partial charge in [-0.25, -0.2) is 0 Å². The number of rotatable bonds is 3. The van der Waals surface area contributed by atoms with Crippen molar-refractivity contribution < 1.29 is 10.2 Å². The highest BCUT2D eigenvalue weighted by molar-refractivity contribution is 5.85. The fourth-order valence-electron chi connectivity index (χ4n) is 2.90. The van der Waals surface area contributed by atoms with Gasteiger partial charge in [-0.1, -0.05) is 0 Å².